The maximum atomic E-state index is 13.5. The Bertz CT molecular complexity index is 970. The third-order valence-electron chi connectivity index (χ3n) is 11.5. The molecule has 7 heteroatoms. The SMILES string of the molecule is C=C1C2CC3CC1C(C(=O)OCC1(CC)COC4(OC1)C1CC5CC4C(OC(=O)CI)(C5)C1)(C3)C2. The average molecular weight is 597 g/mol. The summed E-state index contributed by atoms with van der Waals surface area (Å²) >= 11 is 2.08. The Morgan fingerprint density at radius 3 is 2.57 bits per heavy atom. The highest BCUT2D eigenvalue weighted by Gasteiger charge is 2.74. The van der Waals surface area contributed by atoms with Gasteiger partial charge in [0.25, 0.3) is 0 Å². The van der Waals surface area contributed by atoms with Gasteiger partial charge in [-0.1, -0.05) is 41.7 Å². The first kappa shape index (κ1) is 23.4. The number of alkyl halides is 1. The highest BCUT2D eigenvalue weighted by Crippen LogP contribution is 2.69. The summed E-state index contributed by atoms with van der Waals surface area (Å²) in [7, 11) is 0. The van der Waals surface area contributed by atoms with Crippen molar-refractivity contribution < 1.29 is 28.5 Å². The van der Waals surface area contributed by atoms with Crippen molar-refractivity contribution in [3.05, 3.63) is 12.2 Å². The van der Waals surface area contributed by atoms with Gasteiger partial charge in [0.15, 0.2) is 5.79 Å². The topological polar surface area (TPSA) is 71.1 Å². The second kappa shape index (κ2) is 7.68. The summed E-state index contributed by atoms with van der Waals surface area (Å²) in [5, 5.41) is 0. The normalized spacial score (nSPS) is 52.6. The predicted octanol–water partition coefficient (Wildman–Crippen LogP) is 4.83. The van der Waals surface area contributed by atoms with Gasteiger partial charge >= 0.3 is 11.9 Å². The van der Waals surface area contributed by atoms with Crippen LogP contribution in [0.25, 0.3) is 0 Å². The van der Waals surface area contributed by atoms with E-state index in [1.165, 1.54) is 12.0 Å². The van der Waals surface area contributed by atoms with Gasteiger partial charge in [-0.3, -0.25) is 9.59 Å². The van der Waals surface area contributed by atoms with Crippen LogP contribution < -0.4 is 0 Å². The first-order chi connectivity index (χ1) is 16.8. The van der Waals surface area contributed by atoms with Gasteiger partial charge in [0.1, 0.15) is 12.2 Å². The summed E-state index contributed by atoms with van der Waals surface area (Å²) in [5.74, 6) is 1.70. The fourth-order valence-corrected chi connectivity index (χ4v) is 10.1. The van der Waals surface area contributed by atoms with E-state index in [-0.39, 0.29) is 34.6 Å². The van der Waals surface area contributed by atoms with Crippen molar-refractivity contribution in [2.75, 3.05) is 24.2 Å². The molecule has 0 aromatic rings. The minimum absolute atomic E-state index is 0.00955. The van der Waals surface area contributed by atoms with Crippen LogP contribution in [0.2, 0.25) is 0 Å². The minimum atomic E-state index is -0.652. The molecule has 8 unspecified atom stereocenters. The lowest BCUT2D eigenvalue weighted by atomic mass is 9.75. The number of hydrogen-bond donors (Lipinski definition) is 0. The van der Waals surface area contributed by atoms with Crippen molar-refractivity contribution in [3.8, 4) is 0 Å². The van der Waals surface area contributed by atoms with Crippen LogP contribution >= 0.6 is 22.6 Å². The highest BCUT2D eigenvalue weighted by molar-refractivity contribution is 14.1. The molecule has 1 spiro atoms. The van der Waals surface area contributed by atoms with Crippen molar-refractivity contribution in [3.63, 3.8) is 0 Å². The molecule has 192 valence electrons. The zero-order valence-corrected chi connectivity index (χ0v) is 22.8. The lowest BCUT2D eigenvalue weighted by Gasteiger charge is -2.51. The standard InChI is InChI=1S/C28H37IO6/c1-3-25(13-32-24(31)26-8-17-4-19(10-26)16(2)21(26)6-17)14-33-28(34-15-25)20-5-18-7-22(28)27(9-18,11-20)35-23(30)12-29/h17-22H,2-15H2,1H3. The van der Waals surface area contributed by atoms with Gasteiger partial charge in [0, 0.05) is 5.92 Å². The number of allylic oxidation sites excluding steroid dienone is 1. The van der Waals surface area contributed by atoms with Crippen LogP contribution in [0, 0.1) is 46.3 Å². The summed E-state index contributed by atoms with van der Waals surface area (Å²) in [6.07, 6.45) is 8.96. The molecule has 0 aromatic heterocycles. The molecule has 8 saturated carbocycles. The fraction of sp³-hybridized carbons (Fsp3) is 0.857. The third-order valence-corrected chi connectivity index (χ3v) is 12.1. The molecule has 0 aromatic carbocycles. The molecular weight excluding hydrogens is 559 g/mol. The van der Waals surface area contributed by atoms with E-state index in [1.807, 2.05) is 0 Å². The van der Waals surface area contributed by atoms with Gasteiger partial charge < -0.3 is 18.9 Å². The maximum absolute atomic E-state index is 13.5. The van der Waals surface area contributed by atoms with Gasteiger partial charge in [0.2, 0.25) is 0 Å². The summed E-state index contributed by atoms with van der Waals surface area (Å²) in [4.78, 5) is 25.8. The highest BCUT2D eigenvalue weighted by atomic mass is 127. The molecular formula is C28H37IO6. The third kappa shape index (κ3) is 3.06. The summed E-state index contributed by atoms with van der Waals surface area (Å²) < 4.78 is 26.0. The van der Waals surface area contributed by atoms with Crippen molar-refractivity contribution in [1.82, 2.24) is 0 Å². The number of rotatable bonds is 6. The number of halogens is 1. The van der Waals surface area contributed by atoms with Crippen molar-refractivity contribution in [1.29, 1.82) is 0 Å². The Morgan fingerprint density at radius 1 is 1.06 bits per heavy atom. The van der Waals surface area contributed by atoms with Gasteiger partial charge in [-0.15, -0.1) is 0 Å². The van der Waals surface area contributed by atoms with Crippen LogP contribution in [-0.4, -0.2) is 47.6 Å². The van der Waals surface area contributed by atoms with Crippen LogP contribution in [0.1, 0.15) is 64.7 Å². The molecule has 0 N–H and O–H groups in total. The number of carbonyl (C=O) groups is 2. The van der Waals surface area contributed by atoms with Gasteiger partial charge in [-0.05, 0) is 81.5 Å². The van der Waals surface area contributed by atoms with E-state index in [4.69, 9.17) is 18.9 Å². The quantitative estimate of drug-likeness (QED) is 0.190. The molecule has 9 rings (SSSR count). The van der Waals surface area contributed by atoms with Crippen LogP contribution in [0.5, 0.6) is 0 Å². The molecule has 0 radical (unpaired) electrons. The molecule has 9 fully saturated rings. The second-order valence-electron chi connectivity index (χ2n) is 13.1. The Hall–Kier alpha value is -0.670. The van der Waals surface area contributed by atoms with Crippen molar-refractivity contribution in [2.24, 2.45) is 46.3 Å². The van der Waals surface area contributed by atoms with E-state index < -0.39 is 11.4 Å². The molecule has 9 aliphatic rings. The van der Waals surface area contributed by atoms with Crippen LogP contribution in [0.15, 0.2) is 12.2 Å². The first-order valence-corrected chi connectivity index (χ1v) is 15.2. The number of ether oxygens (including phenoxy) is 4. The number of carbonyl (C=O) groups excluding carboxylic acids is 2. The Morgan fingerprint density at radius 2 is 1.83 bits per heavy atom. The second-order valence-corrected chi connectivity index (χ2v) is 13.9. The molecule has 8 bridgehead atoms. The van der Waals surface area contributed by atoms with Crippen LogP contribution in [-0.2, 0) is 28.5 Å². The summed E-state index contributed by atoms with van der Waals surface area (Å²) in [6.45, 7) is 7.89. The van der Waals surface area contributed by atoms with E-state index in [1.54, 1.807) is 0 Å². The Kier molecular flexibility index (Phi) is 5.15. The Balaban J connectivity index is 1.04. The first-order valence-electron chi connectivity index (χ1n) is 13.7. The van der Waals surface area contributed by atoms with Gasteiger partial charge in [-0.2, -0.15) is 0 Å². The summed E-state index contributed by atoms with van der Waals surface area (Å²) in [6, 6.07) is 0. The van der Waals surface area contributed by atoms with Crippen molar-refractivity contribution >= 4 is 34.5 Å². The fourth-order valence-electron chi connectivity index (χ4n) is 9.92. The lowest BCUT2D eigenvalue weighted by molar-refractivity contribution is -0.350. The molecule has 0 amide bonds. The largest absolute Gasteiger partial charge is 0.464 e. The van der Waals surface area contributed by atoms with E-state index in [0.29, 0.717) is 47.9 Å². The van der Waals surface area contributed by atoms with Crippen LogP contribution in [0.3, 0.4) is 0 Å². The average Bonchev–Trinajstić information content (AvgIpc) is 3.41. The zero-order chi connectivity index (χ0) is 24.2. The molecule has 35 heavy (non-hydrogen) atoms. The van der Waals surface area contributed by atoms with E-state index in [9.17, 15) is 9.59 Å². The predicted molar refractivity (Wildman–Crippen MR) is 135 cm³/mol. The summed E-state index contributed by atoms with van der Waals surface area (Å²) in [5.41, 5.74) is 0.234. The minimum Gasteiger partial charge on any atom is -0.464 e. The van der Waals surface area contributed by atoms with E-state index in [0.717, 1.165) is 51.4 Å². The number of esters is 2. The van der Waals surface area contributed by atoms with E-state index >= 15 is 0 Å². The smallest absolute Gasteiger partial charge is 0.316 e. The molecule has 1 aliphatic heterocycles. The number of hydrogen-bond acceptors (Lipinski definition) is 6. The molecule has 6 nitrogen and oxygen atoms in total. The molecule has 8 atom stereocenters. The van der Waals surface area contributed by atoms with Gasteiger partial charge in [0.05, 0.1) is 34.4 Å². The van der Waals surface area contributed by atoms with Gasteiger partial charge in [-0.25, -0.2) is 0 Å². The Labute approximate surface area is 221 Å². The van der Waals surface area contributed by atoms with Crippen molar-refractivity contribution in [2.45, 2.75) is 76.1 Å². The van der Waals surface area contributed by atoms with E-state index in [2.05, 4.69) is 36.1 Å². The zero-order valence-electron chi connectivity index (χ0n) is 20.7. The molecule has 8 aliphatic carbocycles. The lowest BCUT2D eigenvalue weighted by Crippen LogP contribution is -2.58. The maximum Gasteiger partial charge on any atom is 0.316 e. The molecule has 1 saturated heterocycles. The monoisotopic (exact) mass is 596 g/mol. The van der Waals surface area contributed by atoms with Crippen LogP contribution in [0.4, 0.5) is 0 Å². The molecule has 1 heterocycles.